The molecule has 0 saturated heterocycles. The zero-order valence-electron chi connectivity index (χ0n) is 12.9. The number of carbonyl (C=O) groups is 1. The van der Waals surface area contributed by atoms with Crippen LogP contribution in [0.25, 0.3) is 28.5 Å². The van der Waals surface area contributed by atoms with Crippen molar-refractivity contribution < 1.29 is 14.3 Å². The number of benzene rings is 2. The molecule has 1 aromatic rings. The van der Waals surface area contributed by atoms with E-state index in [2.05, 4.69) is 5.18 Å². The Balaban J connectivity index is 2.16. The molecule has 0 saturated carbocycles. The Morgan fingerprint density at radius 2 is 1.84 bits per heavy atom. The highest BCUT2D eigenvalue weighted by Crippen LogP contribution is 2.41. The molecule has 1 heterocycles. The SMILES string of the molecule is O=Nc1cc2c(-c3ccccc3)c3c(oc-2cc1=O)C=C(O)C(=O)C3. The molecule has 3 aliphatic rings. The molecule has 0 atom stereocenters. The average Bonchev–Trinajstić information content (AvgIpc) is 2.61. The van der Waals surface area contributed by atoms with Crippen LogP contribution in [0.4, 0.5) is 5.69 Å². The van der Waals surface area contributed by atoms with Gasteiger partial charge in [-0.05, 0) is 16.8 Å². The van der Waals surface area contributed by atoms with E-state index in [1.165, 1.54) is 18.2 Å². The number of hydrogen-bond acceptors (Lipinski definition) is 6. The van der Waals surface area contributed by atoms with Gasteiger partial charge in [-0.1, -0.05) is 30.3 Å². The van der Waals surface area contributed by atoms with Crippen LogP contribution in [-0.2, 0) is 11.2 Å². The van der Waals surface area contributed by atoms with Gasteiger partial charge in [-0.2, -0.15) is 0 Å². The fourth-order valence-corrected chi connectivity index (χ4v) is 3.05. The number of fused-ring (bicyclic) bond motifs is 2. The summed E-state index contributed by atoms with van der Waals surface area (Å²) in [6.07, 6.45) is 1.22. The monoisotopic (exact) mass is 333 g/mol. The zero-order chi connectivity index (χ0) is 17.6. The van der Waals surface area contributed by atoms with Crippen molar-refractivity contribution in [1.29, 1.82) is 0 Å². The third kappa shape index (κ3) is 2.35. The second-order valence-corrected chi connectivity index (χ2v) is 5.72. The van der Waals surface area contributed by atoms with E-state index in [1.54, 1.807) is 0 Å². The van der Waals surface area contributed by atoms with Gasteiger partial charge in [0.25, 0.3) is 0 Å². The summed E-state index contributed by atoms with van der Waals surface area (Å²) in [5.74, 6) is -0.236. The number of aliphatic hydroxyl groups is 1. The maximum atomic E-state index is 12.0. The molecular formula is C19H11NO5. The molecule has 0 radical (unpaired) electrons. The van der Waals surface area contributed by atoms with Gasteiger partial charge >= 0.3 is 0 Å². The summed E-state index contributed by atoms with van der Waals surface area (Å²) in [7, 11) is 0. The molecule has 0 aromatic heterocycles. The lowest BCUT2D eigenvalue weighted by Crippen LogP contribution is -2.14. The van der Waals surface area contributed by atoms with Gasteiger partial charge in [-0.25, -0.2) is 0 Å². The number of nitrogens with zero attached hydrogens (tertiary/aromatic N) is 1. The minimum Gasteiger partial charge on any atom is -0.504 e. The number of nitroso groups, excluding NO2 is 1. The molecule has 122 valence electrons. The van der Waals surface area contributed by atoms with Crippen LogP contribution in [0, 0.1) is 4.91 Å². The number of allylic oxidation sites excluding steroid dienone is 1. The lowest BCUT2D eigenvalue weighted by atomic mass is 9.87. The third-order valence-electron chi connectivity index (χ3n) is 4.20. The minimum atomic E-state index is -0.551. The number of rotatable bonds is 2. The molecule has 0 unspecified atom stereocenters. The molecule has 4 rings (SSSR count). The van der Waals surface area contributed by atoms with E-state index in [1.807, 2.05) is 30.3 Å². The van der Waals surface area contributed by atoms with Crippen molar-refractivity contribution in [2.24, 2.45) is 5.18 Å². The Morgan fingerprint density at radius 3 is 2.56 bits per heavy atom. The molecule has 0 bridgehead atoms. The Kier molecular flexibility index (Phi) is 3.32. The standard InChI is InChI=1S/C19H11NO5/c21-14-8-17-11(6-13(14)20-24)19(10-4-2-1-3-5-10)12-7-15(22)16(23)9-18(12)25-17/h1-6,8-9,23H,7H2. The van der Waals surface area contributed by atoms with Gasteiger partial charge in [0.1, 0.15) is 11.5 Å². The van der Waals surface area contributed by atoms with Gasteiger partial charge in [-0.15, -0.1) is 4.91 Å². The summed E-state index contributed by atoms with van der Waals surface area (Å²) < 4.78 is 5.71. The smallest absolute Gasteiger partial charge is 0.211 e. The van der Waals surface area contributed by atoms with Crippen LogP contribution in [0.3, 0.4) is 0 Å². The summed E-state index contributed by atoms with van der Waals surface area (Å²) >= 11 is 0. The maximum absolute atomic E-state index is 12.0. The second-order valence-electron chi connectivity index (χ2n) is 5.72. The summed E-state index contributed by atoms with van der Waals surface area (Å²) in [4.78, 5) is 34.8. The van der Waals surface area contributed by atoms with Gasteiger partial charge in [0.05, 0.1) is 0 Å². The molecular weight excluding hydrogens is 322 g/mol. The number of hydrogen-bond donors (Lipinski definition) is 1. The van der Waals surface area contributed by atoms with Crippen LogP contribution in [0.5, 0.6) is 0 Å². The van der Waals surface area contributed by atoms with E-state index < -0.39 is 11.2 Å². The molecule has 2 aliphatic carbocycles. The fraction of sp³-hybridized carbons (Fsp3) is 0.0526. The van der Waals surface area contributed by atoms with Crippen LogP contribution < -0.4 is 5.43 Å². The lowest BCUT2D eigenvalue weighted by molar-refractivity contribution is -0.117. The molecule has 1 aromatic carbocycles. The van der Waals surface area contributed by atoms with Gasteiger partial charge < -0.3 is 9.52 Å². The summed E-state index contributed by atoms with van der Waals surface area (Å²) in [5, 5.41) is 12.5. The predicted octanol–water partition coefficient (Wildman–Crippen LogP) is 3.83. The Morgan fingerprint density at radius 1 is 1.08 bits per heavy atom. The largest absolute Gasteiger partial charge is 0.504 e. The Hall–Kier alpha value is -3.54. The summed E-state index contributed by atoms with van der Waals surface area (Å²) in [6.45, 7) is 0. The summed E-state index contributed by atoms with van der Waals surface area (Å²) in [5.41, 5.74) is 1.82. The molecule has 1 aliphatic heterocycles. The van der Waals surface area contributed by atoms with Crippen molar-refractivity contribution in [3.8, 4) is 22.5 Å². The first-order valence-corrected chi connectivity index (χ1v) is 7.55. The van der Waals surface area contributed by atoms with Crippen molar-refractivity contribution in [2.45, 2.75) is 6.42 Å². The van der Waals surface area contributed by atoms with Crippen molar-refractivity contribution >= 4 is 17.5 Å². The fourth-order valence-electron chi connectivity index (χ4n) is 3.05. The number of carbonyl (C=O) groups excluding carboxylic acids is 1. The molecule has 0 spiro atoms. The van der Waals surface area contributed by atoms with E-state index in [9.17, 15) is 19.6 Å². The highest BCUT2D eigenvalue weighted by atomic mass is 16.3. The Bertz CT molecular complexity index is 1080. The molecule has 0 fully saturated rings. The van der Waals surface area contributed by atoms with E-state index in [0.717, 1.165) is 5.56 Å². The van der Waals surface area contributed by atoms with Crippen molar-refractivity contribution in [1.82, 2.24) is 0 Å². The van der Waals surface area contributed by atoms with Crippen LogP contribution in [0.2, 0.25) is 0 Å². The zero-order valence-corrected chi connectivity index (χ0v) is 12.9. The average molecular weight is 333 g/mol. The number of aliphatic hydroxyl groups excluding tert-OH is 1. The van der Waals surface area contributed by atoms with Crippen LogP contribution in [-0.4, -0.2) is 10.9 Å². The van der Waals surface area contributed by atoms with Gasteiger partial charge in [0.15, 0.2) is 11.4 Å². The first-order valence-electron chi connectivity index (χ1n) is 7.55. The highest BCUT2D eigenvalue weighted by molar-refractivity contribution is 6.03. The van der Waals surface area contributed by atoms with Gasteiger partial charge in [0.2, 0.25) is 11.2 Å². The quantitative estimate of drug-likeness (QED) is 0.719. The van der Waals surface area contributed by atoms with Crippen LogP contribution >= 0.6 is 0 Å². The molecule has 0 amide bonds. The van der Waals surface area contributed by atoms with E-state index in [4.69, 9.17) is 4.42 Å². The first-order chi connectivity index (χ1) is 12.1. The normalized spacial score (nSPS) is 13.4. The number of ketones is 1. The molecule has 6 heteroatoms. The molecule has 25 heavy (non-hydrogen) atoms. The van der Waals surface area contributed by atoms with Gasteiger partial charge in [0, 0.05) is 35.3 Å². The van der Waals surface area contributed by atoms with E-state index in [0.29, 0.717) is 22.5 Å². The maximum Gasteiger partial charge on any atom is 0.211 e. The molecule has 6 nitrogen and oxygen atoms in total. The van der Waals surface area contributed by atoms with E-state index in [-0.39, 0.29) is 23.6 Å². The predicted molar refractivity (Wildman–Crippen MR) is 91.8 cm³/mol. The topological polar surface area (TPSA) is 96.9 Å². The van der Waals surface area contributed by atoms with Crippen LogP contribution in [0.1, 0.15) is 11.3 Å². The lowest BCUT2D eigenvalue weighted by Gasteiger charge is -2.21. The van der Waals surface area contributed by atoms with E-state index >= 15 is 0 Å². The van der Waals surface area contributed by atoms with Crippen molar-refractivity contribution in [3.05, 3.63) is 74.7 Å². The van der Waals surface area contributed by atoms with Crippen molar-refractivity contribution in [3.63, 3.8) is 0 Å². The minimum absolute atomic E-state index is 0.0374. The number of Topliss-reactive ketones (excluding diaryl/α,β-unsaturated/α-hetero) is 1. The molecule has 1 N–H and O–H groups in total. The second kappa shape index (κ2) is 5.52. The first kappa shape index (κ1) is 15.0. The third-order valence-corrected chi connectivity index (χ3v) is 4.20. The summed E-state index contributed by atoms with van der Waals surface area (Å²) in [6, 6.07) is 11.8. The van der Waals surface area contributed by atoms with Crippen LogP contribution in [0.15, 0.2) is 62.6 Å². The van der Waals surface area contributed by atoms with Crippen molar-refractivity contribution in [2.75, 3.05) is 0 Å². The Labute approximate surface area is 141 Å². The van der Waals surface area contributed by atoms with Gasteiger partial charge in [-0.3, -0.25) is 9.59 Å². The highest BCUT2D eigenvalue weighted by Gasteiger charge is 2.28.